The molecule has 0 atom stereocenters. The first kappa shape index (κ1) is 11.0. The van der Waals surface area contributed by atoms with Crippen molar-refractivity contribution in [1.82, 2.24) is 5.32 Å². The van der Waals surface area contributed by atoms with E-state index >= 15 is 0 Å². The van der Waals surface area contributed by atoms with Gasteiger partial charge in [-0.25, -0.2) is 0 Å². The number of nitrogens with one attached hydrogen (secondary N) is 1. The number of hydrogen-bond acceptors (Lipinski definition) is 2. The maximum atomic E-state index is 11.6. The minimum Gasteiger partial charge on any atom is -0.354 e. The first-order valence-electron chi connectivity index (χ1n) is 5.15. The first-order chi connectivity index (χ1) is 6.46. The third-order valence-corrected chi connectivity index (χ3v) is 3.08. The standard InChI is InChI=1S/C11H18N2O/c1-4-10(2,3)8-13-9(14)11(7-12)5-6-11/h4-6,8H2,1-3H3,(H,13,14). The van der Waals surface area contributed by atoms with E-state index in [4.69, 9.17) is 5.26 Å². The Bertz CT molecular complexity index is 272. The van der Waals surface area contributed by atoms with E-state index in [1.54, 1.807) is 0 Å². The van der Waals surface area contributed by atoms with Crippen molar-refractivity contribution in [3.05, 3.63) is 0 Å². The summed E-state index contributed by atoms with van der Waals surface area (Å²) in [4.78, 5) is 11.6. The molecule has 1 fully saturated rings. The Morgan fingerprint density at radius 3 is 2.50 bits per heavy atom. The molecular formula is C11H18N2O. The molecule has 14 heavy (non-hydrogen) atoms. The van der Waals surface area contributed by atoms with Crippen LogP contribution in [-0.4, -0.2) is 12.5 Å². The Morgan fingerprint density at radius 2 is 2.14 bits per heavy atom. The lowest BCUT2D eigenvalue weighted by atomic mass is 9.90. The summed E-state index contributed by atoms with van der Waals surface area (Å²) in [7, 11) is 0. The van der Waals surface area contributed by atoms with Gasteiger partial charge in [-0.15, -0.1) is 0 Å². The van der Waals surface area contributed by atoms with Gasteiger partial charge in [-0.1, -0.05) is 20.8 Å². The van der Waals surface area contributed by atoms with Crippen molar-refractivity contribution in [2.45, 2.75) is 40.0 Å². The SMILES string of the molecule is CCC(C)(C)CNC(=O)C1(C#N)CC1. The van der Waals surface area contributed by atoms with Crippen molar-refractivity contribution in [1.29, 1.82) is 5.26 Å². The number of amides is 1. The van der Waals surface area contributed by atoms with Crippen LogP contribution in [0.4, 0.5) is 0 Å². The predicted molar refractivity (Wildman–Crippen MR) is 54.4 cm³/mol. The highest BCUT2D eigenvalue weighted by Gasteiger charge is 2.50. The van der Waals surface area contributed by atoms with Crippen molar-refractivity contribution < 1.29 is 4.79 Å². The van der Waals surface area contributed by atoms with Gasteiger partial charge in [0.05, 0.1) is 6.07 Å². The molecule has 1 N–H and O–H groups in total. The maximum absolute atomic E-state index is 11.6. The van der Waals surface area contributed by atoms with Gasteiger partial charge in [0.1, 0.15) is 5.41 Å². The lowest BCUT2D eigenvalue weighted by molar-refractivity contribution is -0.124. The molecule has 1 amide bonds. The Labute approximate surface area is 85.5 Å². The van der Waals surface area contributed by atoms with Crippen LogP contribution in [0.2, 0.25) is 0 Å². The largest absolute Gasteiger partial charge is 0.354 e. The van der Waals surface area contributed by atoms with E-state index < -0.39 is 5.41 Å². The number of nitrogens with zero attached hydrogens (tertiary/aromatic N) is 1. The zero-order valence-electron chi connectivity index (χ0n) is 9.18. The van der Waals surface area contributed by atoms with Crippen molar-refractivity contribution in [2.75, 3.05) is 6.54 Å². The third-order valence-electron chi connectivity index (χ3n) is 3.08. The van der Waals surface area contributed by atoms with Gasteiger partial charge in [-0.3, -0.25) is 4.79 Å². The molecule has 1 aliphatic carbocycles. The first-order valence-corrected chi connectivity index (χ1v) is 5.15. The van der Waals surface area contributed by atoms with Crippen LogP contribution in [0.1, 0.15) is 40.0 Å². The monoisotopic (exact) mass is 194 g/mol. The molecule has 0 aromatic heterocycles. The van der Waals surface area contributed by atoms with Crippen LogP contribution in [0.5, 0.6) is 0 Å². The smallest absolute Gasteiger partial charge is 0.240 e. The Morgan fingerprint density at radius 1 is 1.57 bits per heavy atom. The fraction of sp³-hybridized carbons (Fsp3) is 0.818. The molecule has 1 aliphatic rings. The number of rotatable bonds is 4. The van der Waals surface area contributed by atoms with Crippen LogP contribution >= 0.6 is 0 Å². The van der Waals surface area contributed by atoms with Crippen molar-refractivity contribution in [3.63, 3.8) is 0 Å². The summed E-state index contributed by atoms with van der Waals surface area (Å²) in [6.07, 6.45) is 2.47. The maximum Gasteiger partial charge on any atom is 0.240 e. The lowest BCUT2D eigenvalue weighted by Crippen LogP contribution is -2.37. The average molecular weight is 194 g/mol. The summed E-state index contributed by atoms with van der Waals surface area (Å²) in [6, 6.07) is 2.09. The third kappa shape index (κ3) is 2.25. The van der Waals surface area contributed by atoms with Gasteiger partial charge in [0.15, 0.2) is 0 Å². The number of hydrogen-bond donors (Lipinski definition) is 1. The minimum atomic E-state index is -0.677. The molecule has 0 unspecified atom stereocenters. The zero-order chi connectivity index (χ0) is 10.8. The molecule has 1 saturated carbocycles. The minimum absolute atomic E-state index is 0.0819. The molecule has 0 radical (unpaired) electrons. The number of carbonyl (C=O) groups excluding carboxylic acids is 1. The van der Waals surface area contributed by atoms with E-state index in [2.05, 4.69) is 32.2 Å². The summed E-state index contributed by atoms with van der Waals surface area (Å²) >= 11 is 0. The highest BCUT2D eigenvalue weighted by Crippen LogP contribution is 2.45. The van der Waals surface area contributed by atoms with Crippen molar-refractivity contribution >= 4 is 5.91 Å². The lowest BCUT2D eigenvalue weighted by Gasteiger charge is -2.23. The second-order valence-corrected chi connectivity index (χ2v) is 4.89. The summed E-state index contributed by atoms with van der Waals surface area (Å²) in [6.45, 7) is 6.98. The van der Waals surface area contributed by atoms with Crippen molar-refractivity contribution in [2.24, 2.45) is 10.8 Å². The molecule has 1 rings (SSSR count). The fourth-order valence-corrected chi connectivity index (χ4v) is 1.13. The Balaban J connectivity index is 2.40. The molecule has 3 heteroatoms. The van der Waals surface area contributed by atoms with E-state index in [9.17, 15) is 4.79 Å². The van der Waals surface area contributed by atoms with Gasteiger partial charge in [0.25, 0.3) is 0 Å². The van der Waals surface area contributed by atoms with Crippen LogP contribution in [0.3, 0.4) is 0 Å². The van der Waals surface area contributed by atoms with E-state index in [1.165, 1.54) is 0 Å². The van der Waals surface area contributed by atoms with Gasteiger partial charge in [0.2, 0.25) is 5.91 Å². The average Bonchev–Trinajstić information content (AvgIpc) is 2.95. The Hall–Kier alpha value is -1.04. The molecule has 3 nitrogen and oxygen atoms in total. The molecule has 0 spiro atoms. The fourth-order valence-electron chi connectivity index (χ4n) is 1.13. The van der Waals surface area contributed by atoms with Crippen LogP contribution in [0.15, 0.2) is 0 Å². The topological polar surface area (TPSA) is 52.9 Å². The zero-order valence-corrected chi connectivity index (χ0v) is 9.18. The quantitative estimate of drug-likeness (QED) is 0.742. The van der Waals surface area contributed by atoms with Crippen LogP contribution in [0, 0.1) is 22.2 Å². The summed E-state index contributed by atoms with van der Waals surface area (Å²) < 4.78 is 0. The molecule has 0 heterocycles. The van der Waals surface area contributed by atoms with E-state index in [0.717, 1.165) is 19.3 Å². The van der Waals surface area contributed by atoms with Gasteiger partial charge < -0.3 is 5.32 Å². The van der Waals surface area contributed by atoms with E-state index in [1.807, 2.05) is 0 Å². The number of carbonyl (C=O) groups is 1. The normalized spacial score (nSPS) is 18.4. The molecule has 0 aromatic rings. The van der Waals surface area contributed by atoms with Crippen LogP contribution in [0.25, 0.3) is 0 Å². The highest BCUT2D eigenvalue weighted by molar-refractivity contribution is 5.88. The van der Waals surface area contributed by atoms with Gasteiger partial charge >= 0.3 is 0 Å². The van der Waals surface area contributed by atoms with Crippen LogP contribution < -0.4 is 5.32 Å². The number of nitriles is 1. The van der Waals surface area contributed by atoms with E-state index in [0.29, 0.717) is 6.54 Å². The molecule has 0 saturated heterocycles. The molecule has 0 aliphatic heterocycles. The summed E-state index contributed by atoms with van der Waals surface area (Å²) in [5.74, 6) is -0.0819. The predicted octanol–water partition coefficient (Wildman–Crippen LogP) is 1.84. The second-order valence-electron chi connectivity index (χ2n) is 4.89. The van der Waals surface area contributed by atoms with Crippen molar-refractivity contribution in [3.8, 4) is 6.07 Å². The highest BCUT2D eigenvalue weighted by atomic mass is 16.2. The van der Waals surface area contributed by atoms with Crippen LogP contribution in [-0.2, 0) is 4.79 Å². The molecule has 0 bridgehead atoms. The summed E-state index contributed by atoms with van der Waals surface area (Å²) in [5.41, 5.74) is -0.551. The summed E-state index contributed by atoms with van der Waals surface area (Å²) in [5, 5.41) is 11.7. The molecular weight excluding hydrogens is 176 g/mol. The molecule has 78 valence electrons. The molecule has 0 aromatic carbocycles. The second kappa shape index (κ2) is 3.61. The van der Waals surface area contributed by atoms with Gasteiger partial charge in [-0.2, -0.15) is 5.26 Å². The van der Waals surface area contributed by atoms with E-state index in [-0.39, 0.29) is 11.3 Å². The van der Waals surface area contributed by atoms with Gasteiger partial charge in [-0.05, 0) is 24.7 Å². The van der Waals surface area contributed by atoms with Gasteiger partial charge in [0, 0.05) is 6.54 Å². The Kier molecular flexibility index (Phi) is 2.84.